The molecule has 1 aliphatic rings. The summed E-state index contributed by atoms with van der Waals surface area (Å²) in [5.74, 6) is 0.366. The van der Waals surface area contributed by atoms with Crippen LogP contribution < -0.4 is 10.2 Å². The minimum atomic E-state index is -0.774. The molecule has 2 heterocycles. The maximum atomic E-state index is 10.8. The third-order valence-corrected chi connectivity index (χ3v) is 4.65. The molecule has 1 aromatic carbocycles. The molecule has 140 valence electrons. The van der Waals surface area contributed by atoms with Gasteiger partial charge in [0.25, 0.3) is 0 Å². The molecule has 0 bridgehead atoms. The van der Waals surface area contributed by atoms with Gasteiger partial charge in [0.1, 0.15) is 5.82 Å². The maximum absolute atomic E-state index is 10.8. The number of ether oxygens (including phenoxy) is 1. The van der Waals surface area contributed by atoms with E-state index in [-0.39, 0.29) is 6.42 Å². The standard InChI is InChI=1S/C19H26N4O3/c1-14-17(19(22(2)21-14)23-8-10-26-11-9-23)13-20-16-5-3-4-15(12-16)6-7-18(24)25/h3-5,12,20H,6-11,13H2,1-2H3,(H,24,25). The SMILES string of the molecule is Cc1nn(C)c(N2CCOCC2)c1CNc1cccc(CCC(=O)O)c1. The monoisotopic (exact) mass is 358 g/mol. The minimum absolute atomic E-state index is 0.145. The smallest absolute Gasteiger partial charge is 0.303 e. The Morgan fingerprint density at radius 1 is 1.35 bits per heavy atom. The normalized spacial score (nSPS) is 14.5. The number of nitrogens with one attached hydrogen (secondary N) is 1. The molecular weight excluding hydrogens is 332 g/mol. The summed E-state index contributed by atoms with van der Waals surface area (Å²) in [6.45, 7) is 5.93. The van der Waals surface area contributed by atoms with E-state index in [1.54, 1.807) is 0 Å². The van der Waals surface area contributed by atoms with Crippen LogP contribution in [0, 0.1) is 6.92 Å². The van der Waals surface area contributed by atoms with Gasteiger partial charge in [-0.25, -0.2) is 0 Å². The van der Waals surface area contributed by atoms with Crippen molar-refractivity contribution in [2.24, 2.45) is 7.05 Å². The van der Waals surface area contributed by atoms with Gasteiger partial charge < -0.3 is 20.1 Å². The lowest BCUT2D eigenvalue weighted by molar-refractivity contribution is -0.136. The zero-order valence-corrected chi connectivity index (χ0v) is 15.4. The number of carboxylic acids is 1. The number of rotatable bonds is 7. The second kappa shape index (κ2) is 8.23. The van der Waals surface area contributed by atoms with E-state index in [2.05, 4.69) is 15.3 Å². The Hall–Kier alpha value is -2.54. The molecule has 1 fully saturated rings. The number of aliphatic carboxylic acids is 1. The van der Waals surface area contributed by atoms with Gasteiger partial charge in [0, 0.05) is 44.4 Å². The highest BCUT2D eigenvalue weighted by atomic mass is 16.5. The van der Waals surface area contributed by atoms with Gasteiger partial charge in [-0.2, -0.15) is 5.10 Å². The van der Waals surface area contributed by atoms with Gasteiger partial charge in [-0.3, -0.25) is 9.48 Å². The molecule has 26 heavy (non-hydrogen) atoms. The van der Waals surface area contributed by atoms with E-state index in [0.717, 1.165) is 49.1 Å². The Kier molecular flexibility index (Phi) is 5.78. The van der Waals surface area contributed by atoms with Crippen molar-refractivity contribution in [3.05, 3.63) is 41.1 Å². The van der Waals surface area contributed by atoms with Crippen LogP contribution in [0.1, 0.15) is 23.2 Å². The van der Waals surface area contributed by atoms with Crippen molar-refractivity contribution < 1.29 is 14.6 Å². The highest BCUT2D eigenvalue weighted by Crippen LogP contribution is 2.25. The van der Waals surface area contributed by atoms with Gasteiger partial charge in [-0.1, -0.05) is 12.1 Å². The molecule has 1 aromatic heterocycles. The number of carbonyl (C=O) groups is 1. The fourth-order valence-corrected chi connectivity index (χ4v) is 3.35. The van der Waals surface area contributed by atoms with E-state index in [0.29, 0.717) is 13.0 Å². The first kappa shape index (κ1) is 18.3. The summed E-state index contributed by atoms with van der Waals surface area (Å²) >= 11 is 0. The minimum Gasteiger partial charge on any atom is -0.481 e. The molecule has 0 unspecified atom stereocenters. The average molecular weight is 358 g/mol. The summed E-state index contributed by atoms with van der Waals surface area (Å²) in [6.07, 6.45) is 0.683. The Balaban J connectivity index is 1.71. The highest BCUT2D eigenvalue weighted by Gasteiger charge is 2.21. The van der Waals surface area contributed by atoms with Crippen molar-refractivity contribution >= 4 is 17.5 Å². The van der Waals surface area contributed by atoms with Gasteiger partial charge in [-0.05, 0) is 31.0 Å². The number of carboxylic acid groups (broad SMARTS) is 1. The Bertz CT molecular complexity index is 766. The Morgan fingerprint density at radius 2 is 2.12 bits per heavy atom. The zero-order valence-electron chi connectivity index (χ0n) is 15.4. The van der Waals surface area contributed by atoms with Crippen molar-refractivity contribution in [1.82, 2.24) is 9.78 Å². The van der Waals surface area contributed by atoms with E-state index >= 15 is 0 Å². The number of hydrogen-bond acceptors (Lipinski definition) is 5. The quantitative estimate of drug-likeness (QED) is 0.790. The van der Waals surface area contributed by atoms with Crippen molar-refractivity contribution in [3.8, 4) is 0 Å². The predicted octanol–water partition coefficient (Wildman–Crippen LogP) is 2.19. The fraction of sp³-hybridized carbons (Fsp3) is 0.474. The van der Waals surface area contributed by atoms with Crippen LogP contribution >= 0.6 is 0 Å². The summed E-state index contributed by atoms with van der Waals surface area (Å²) in [5.41, 5.74) is 4.21. The molecule has 0 aliphatic carbocycles. The first-order chi connectivity index (χ1) is 12.5. The van der Waals surface area contributed by atoms with E-state index in [1.165, 1.54) is 5.56 Å². The van der Waals surface area contributed by atoms with Crippen molar-refractivity contribution in [2.45, 2.75) is 26.3 Å². The third-order valence-electron chi connectivity index (χ3n) is 4.65. The molecule has 1 aliphatic heterocycles. The topological polar surface area (TPSA) is 79.6 Å². The molecule has 0 radical (unpaired) electrons. The van der Waals surface area contributed by atoms with Crippen LogP contribution in [0.3, 0.4) is 0 Å². The van der Waals surface area contributed by atoms with E-state index in [1.807, 2.05) is 42.9 Å². The van der Waals surface area contributed by atoms with E-state index in [9.17, 15) is 4.79 Å². The molecule has 0 saturated carbocycles. The van der Waals surface area contributed by atoms with Gasteiger partial charge >= 0.3 is 5.97 Å². The van der Waals surface area contributed by atoms with Gasteiger partial charge in [0.05, 0.1) is 18.9 Å². The van der Waals surface area contributed by atoms with Crippen LogP contribution in [0.5, 0.6) is 0 Å². The lowest BCUT2D eigenvalue weighted by Gasteiger charge is -2.29. The number of benzene rings is 1. The molecule has 3 rings (SSSR count). The number of hydrogen-bond donors (Lipinski definition) is 2. The molecule has 0 spiro atoms. The van der Waals surface area contributed by atoms with Crippen LogP contribution in [0.25, 0.3) is 0 Å². The molecule has 2 aromatic rings. The van der Waals surface area contributed by atoms with Gasteiger partial charge in [-0.15, -0.1) is 0 Å². The van der Waals surface area contributed by atoms with E-state index in [4.69, 9.17) is 9.84 Å². The molecule has 0 atom stereocenters. The summed E-state index contributed by atoms with van der Waals surface area (Å²) in [4.78, 5) is 13.1. The van der Waals surface area contributed by atoms with Crippen LogP contribution in [0.4, 0.5) is 11.5 Å². The number of aromatic nitrogens is 2. The van der Waals surface area contributed by atoms with Crippen LogP contribution in [0.2, 0.25) is 0 Å². The molecule has 2 N–H and O–H groups in total. The summed E-state index contributed by atoms with van der Waals surface area (Å²) in [6, 6.07) is 7.94. The zero-order chi connectivity index (χ0) is 18.5. The van der Waals surface area contributed by atoms with Crippen LogP contribution in [-0.2, 0) is 29.5 Å². The van der Waals surface area contributed by atoms with Crippen LogP contribution in [-0.4, -0.2) is 47.2 Å². The summed E-state index contributed by atoms with van der Waals surface area (Å²) < 4.78 is 7.41. The van der Waals surface area contributed by atoms with Gasteiger partial charge in [0.2, 0.25) is 0 Å². The van der Waals surface area contributed by atoms with Crippen molar-refractivity contribution in [1.29, 1.82) is 0 Å². The Morgan fingerprint density at radius 3 is 2.85 bits per heavy atom. The van der Waals surface area contributed by atoms with Crippen LogP contribution in [0.15, 0.2) is 24.3 Å². The summed E-state index contributed by atoms with van der Waals surface area (Å²) in [5, 5.41) is 16.9. The molecular formula is C19H26N4O3. The largest absolute Gasteiger partial charge is 0.481 e. The Labute approximate surface area is 153 Å². The summed E-state index contributed by atoms with van der Waals surface area (Å²) in [7, 11) is 1.98. The fourth-order valence-electron chi connectivity index (χ4n) is 3.35. The number of nitrogens with zero attached hydrogens (tertiary/aromatic N) is 3. The number of morpholine rings is 1. The van der Waals surface area contributed by atoms with Crippen molar-refractivity contribution in [2.75, 3.05) is 36.5 Å². The maximum Gasteiger partial charge on any atom is 0.303 e. The number of anilines is 2. The lowest BCUT2D eigenvalue weighted by Crippen LogP contribution is -2.38. The average Bonchev–Trinajstić information content (AvgIpc) is 2.92. The third kappa shape index (κ3) is 4.35. The molecule has 1 saturated heterocycles. The molecule has 7 heteroatoms. The second-order valence-electron chi connectivity index (χ2n) is 6.56. The number of aryl methyl sites for hydroxylation is 3. The van der Waals surface area contributed by atoms with Gasteiger partial charge in [0.15, 0.2) is 0 Å². The molecule has 7 nitrogen and oxygen atoms in total. The predicted molar refractivity (Wildman–Crippen MR) is 101 cm³/mol. The first-order valence-corrected chi connectivity index (χ1v) is 8.94. The van der Waals surface area contributed by atoms with Crippen molar-refractivity contribution in [3.63, 3.8) is 0 Å². The second-order valence-corrected chi connectivity index (χ2v) is 6.56. The van der Waals surface area contributed by atoms with E-state index < -0.39 is 5.97 Å². The highest BCUT2D eigenvalue weighted by molar-refractivity contribution is 5.67. The molecule has 0 amide bonds. The first-order valence-electron chi connectivity index (χ1n) is 8.94. The lowest BCUT2D eigenvalue weighted by atomic mass is 10.1.